The molecule has 1 heterocycles. The van der Waals surface area contributed by atoms with Crippen molar-refractivity contribution in [1.82, 2.24) is 15.1 Å². The highest BCUT2D eigenvalue weighted by atomic mass is 19.1. The highest BCUT2D eigenvalue weighted by Crippen LogP contribution is 2.19. The maximum atomic E-state index is 13.1. The van der Waals surface area contributed by atoms with Gasteiger partial charge < -0.3 is 5.32 Å². The molecule has 0 spiro atoms. The molecule has 0 saturated heterocycles. The van der Waals surface area contributed by atoms with Gasteiger partial charge in [-0.3, -0.25) is 4.79 Å². The van der Waals surface area contributed by atoms with Gasteiger partial charge in [-0.25, -0.2) is 9.07 Å². The predicted molar refractivity (Wildman–Crippen MR) is 105 cm³/mol. The zero-order valence-electron chi connectivity index (χ0n) is 15.9. The lowest BCUT2D eigenvalue weighted by Crippen LogP contribution is -2.27. The zero-order valence-corrected chi connectivity index (χ0v) is 15.9. The van der Waals surface area contributed by atoms with Crippen LogP contribution < -0.4 is 5.32 Å². The van der Waals surface area contributed by atoms with E-state index in [0.29, 0.717) is 6.54 Å². The normalized spacial score (nSPS) is 10.8. The first-order valence-electron chi connectivity index (χ1n) is 9.08. The van der Waals surface area contributed by atoms with Crippen molar-refractivity contribution in [2.45, 2.75) is 33.6 Å². The molecule has 0 bridgehead atoms. The number of nitrogens with zero attached hydrogens (tertiary/aromatic N) is 2. The standard InChI is InChI=1S/C22H24FN3O/c1-15-6-4-5-7-18(15)12-13-24-22(27)14-21-16(2)25-26(17(21)3)20-10-8-19(23)9-11-20/h4-11H,12-14H2,1-3H3,(H,24,27). The molecule has 0 saturated carbocycles. The number of rotatable bonds is 6. The fourth-order valence-corrected chi connectivity index (χ4v) is 3.21. The van der Waals surface area contributed by atoms with Crippen LogP contribution in [0.5, 0.6) is 0 Å². The molecule has 0 aliphatic heterocycles. The third-order valence-electron chi connectivity index (χ3n) is 4.83. The van der Waals surface area contributed by atoms with Gasteiger partial charge in [0.15, 0.2) is 0 Å². The molecule has 27 heavy (non-hydrogen) atoms. The molecule has 1 aromatic heterocycles. The van der Waals surface area contributed by atoms with Crippen LogP contribution in [0, 0.1) is 26.6 Å². The van der Waals surface area contributed by atoms with Crippen molar-refractivity contribution in [3.05, 3.63) is 82.4 Å². The van der Waals surface area contributed by atoms with E-state index in [0.717, 1.165) is 29.1 Å². The predicted octanol–water partition coefficient (Wildman–Crippen LogP) is 3.84. The summed E-state index contributed by atoms with van der Waals surface area (Å²) >= 11 is 0. The van der Waals surface area contributed by atoms with Crippen molar-refractivity contribution in [3.8, 4) is 5.69 Å². The fraction of sp³-hybridized carbons (Fsp3) is 0.273. The molecule has 140 valence electrons. The Kier molecular flexibility index (Phi) is 5.69. The number of carbonyl (C=O) groups is 1. The van der Waals surface area contributed by atoms with E-state index >= 15 is 0 Å². The van der Waals surface area contributed by atoms with Crippen molar-refractivity contribution in [3.63, 3.8) is 0 Å². The average Bonchev–Trinajstić information content (AvgIpc) is 2.92. The van der Waals surface area contributed by atoms with E-state index in [1.54, 1.807) is 16.8 Å². The van der Waals surface area contributed by atoms with Gasteiger partial charge in [-0.1, -0.05) is 24.3 Å². The smallest absolute Gasteiger partial charge is 0.224 e. The van der Waals surface area contributed by atoms with Crippen LogP contribution in [-0.4, -0.2) is 22.2 Å². The van der Waals surface area contributed by atoms with Gasteiger partial charge in [0.1, 0.15) is 5.82 Å². The van der Waals surface area contributed by atoms with Crippen molar-refractivity contribution in [2.24, 2.45) is 0 Å². The van der Waals surface area contributed by atoms with E-state index in [9.17, 15) is 9.18 Å². The molecular formula is C22H24FN3O. The Morgan fingerprint density at radius 2 is 1.78 bits per heavy atom. The third kappa shape index (κ3) is 4.42. The van der Waals surface area contributed by atoms with Crippen molar-refractivity contribution in [1.29, 1.82) is 0 Å². The summed E-state index contributed by atoms with van der Waals surface area (Å²) in [6, 6.07) is 14.4. The molecule has 2 aromatic carbocycles. The Morgan fingerprint density at radius 3 is 2.48 bits per heavy atom. The lowest BCUT2D eigenvalue weighted by atomic mass is 10.1. The van der Waals surface area contributed by atoms with E-state index in [2.05, 4.69) is 29.5 Å². The van der Waals surface area contributed by atoms with E-state index < -0.39 is 0 Å². The number of halogens is 1. The molecule has 0 fully saturated rings. The molecule has 1 N–H and O–H groups in total. The Bertz CT molecular complexity index is 945. The second-order valence-electron chi connectivity index (χ2n) is 6.74. The molecule has 3 aromatic rings. The summed E-state index contributed by atoms with van der Waals surface area (Å²) in [4.78, 5) is 12.4. The van der Waals surface area contributed by atoms with E-state index in [1.807, 2.05) is 26.0 Å². The van der Waals surface area contributed by atoms with Gasteiger partial charge in [-0.15, -0.1) is 0 Å². The van der Waals surface area contributed by atoms with Crippen LogP contribution in [-0.2, 0) is 17.6 Å². The third-order valence-corrected chi connectivity index (χ3v) is 4.83. The zero-order chi connectivity index (χ0) is 19.4. The summed E-state index contributed by atoms with van der Waals surface area (Å²) in [5.41, 5.74) is 5.88. The van der Waals surface area contributed by atoms with Crippen LogP contribution in [0.15, 0.2) is 48.5 Å². The fourth-order valence-electron chi connectivity index (χ4n) is 3.21. The lowest BCUT2D eigenvalue weighted by molar-refractivity contribution is -0.120. The molecule has 0 aliphatic carbocycles. The summed E-state index contributed by atoms with van der Waals surface area (Å²) in [5, 5.41) is 7.51. The molecule has 0 unspecified atom stereocenters. The molecule has 0 radical (unpaired) electrons. The maximum absolute atomic E-state index is 13.1. The Hall–Kier alpha value is -2.95. The second-order valence-corrected chi connectivity index (χ2v) is 6.74. The molecule has 5 heteroatoms. The van der Waals surface area contributed by atoms with Gasteiger partial charge in [0.05, 0.1) is 17.8 Å². The van der Waals surface area contributed by atoms with Crippen LogP contribution in [0.1, 0.15) is 28.1 Å². The summed E-state index contributed by atoms with van der Waals surface area (Å²) < 4.78 is 14.9. The van der Waals surface area contributed by atoms with Gasteiger partial charge in [-0.05, 0) is 62.6 Å². The van der Waals surface area contributed by atoms with Crippen molar-refractivity contribution >= 4 is 5.91 Å². The van der Waals surface area contributed by atoms with Crippen LogP contribution in [0.3, 0.4) is 0 Å². The van der Waals surface area contributed by atoms with E-state index in [4.69, 9.17) is 0 Å². The summed E-state index contributed by atoms with van der Waals surface area (Å²) in [7, 11) is 0. The molecular weight excluding hydrogens is 341 g/mol. The Morgan fingerprint density at radius 1 is 1.07 bits per heavy atom. The van der Waals surface area contributed by atoms with Crippen molar-refractivity contribution in [2.75, 3.05) is 6.54 Å². The lowest BCUT2D eigenvalue weighted by Gasteiger charge is -2.08. The van der Waals surface area contributed by atoms with Gasteiger partial charge >= 0.3 is 0 Å². The molecule has 4 nitrogen and oxygen atoms in total. The van der Waals surface area contributed by atoms with Gasteiger partial charge in [0.2, 0.25) is 5.91 Å². The SMILES string of the molecule is Cc1ccccc1CCNC(=O)Cc1c(C)nn(-c2ccc(F)cc2)c1C. The number of aryl methyl sites for hydroxylation is 2. The Balaban J connectivity index is 1.64. The minimum absolute atomic E-state index is 0.0200. The number of nitrogens with one attached hydrogen (secondary N) is 1. The van der Waals surface area contributed by atoms with E-state index in [-0.39, 0.29) is 18.1 Å². The number of hydrogen-bond donors (Lipinski definition) is 1. The molecule has 0 atom stereocenters. The largest absolute Gasteiger partial charge is 0.355 e. The first-order valence-corrected chi connectivity index (χ1v) is 9.08. The topological polar surface area (TPSA) is 46.9 Å². The highest BCUT2D eigenvalue weighted by Gasteiger charge is 2.16. The minimum Gasteiger partial charge on any atom is -0.355 e. The summed E-state index contributed by atoms with van der Waals surface area (Å²) in [6.07, 6.45) is 1.10. The highest BCUT2D eigenvalue weighted by molar-refractivity contribution is 5.79. The number of benzene rings is 2. The average molecular weight is 365 g/mol. The Labute approximate surface area is 159 Å². The van der Waals surface area contributed by atoms with Gasteiger partial charge in [-0.2, -0.15) is 5.10 Å². The molecule has 0 aliphatic rings. The number of hydrogen-bond acceptors (Lipinski definition) is 2. The van der Waals surface area contributed by atoms with E-state index in [1.165, 1.54) is 23.3 Å². The van der Waals surface area contributed by atoms with Crippen LogP contribution >= 0.6 is 0 Å². The van der Waals surface area contributed by atoms with Gasteiger partial charge in [0.25, 0.3) is 0 Å². The molecule has 3 rings (SSSR count). The number of aromatic nitrogens is 2. The van der Waals surface area contributed by atoms with Crippen molar-refractivity contribution < 1.29 is 9.18 Å². The number of amides is 1. The summed E-state index contributed by atoms with van der Waals surface area (Å²) in [6.45, 7) is 6.50. The maximum Gasteiger partial charge on any atom is 0.224 e. The van der Waals surface area contributed by atoms with Crippen LogP contribution in [0.4, 0.5) is 4.39 Å². The first-order chi connectivity index (χ1) is 13.0. The second kappa shape index (κ2) is 8.16. The monoisotopic (exact) mass is 365 g/mol. The van der Waals surface area contributed by atoms with Crippen LogP contribution in [0.2, 0.25) is 0 Å². The quantitative estimate of drug-likeness (QED) is 0.721. The minimum atomic E-state index is -0.284. The summed E-state index contributed by atoms with van der Waals surface area (Å²) in [5.74, 6) is -0.304. The molecule has 1 amide bonds. The first kappa shape index (κ1) is 18.8. The van der Waals surface area contributed by atoms with Gasteiger partial charge in [0, 0.05) is 17.8 Å². The van der Waals surface area contributed by atoms with Crippen LogP contribution in [0.25, 0.3) is 5.69 Å². The number of carbonyl (C=O) groups excluding carboxylic acids is 1.